The van der Waals surface area contributed by atoms with Crippen LogP contribution in [0.2, 0.25) is 0 Å². The first-order valence-corrected chi connectivity index (χ1v) is 22.9. The Morgan fingerprint density at radius 1 is 0.449 bits per heavy atom. The minimum Gasteiger partial charge on any atom is -0.457 e. The van der Waals surface area contributed by atoms with E-state index in [9.17, 15) is 5.26 Å². The molecule has 0 bridgehead atoms. The first-order valence-electron chi connectivity index (χ1n) is 22.9. The van der Waals surface area contributed by atoms with E-state index in [0.29, 0.717) is 11.3 Å². The first-order chi connectivity index (χ1) is 34.1. The van der Waals surface area contributed by atoms with Gasteiger partial charge in [0.2, 0.25) is 0 Å². The fourth-order valence-corrected chi connectivity index (χ4v) is 11.9. The standard InChI is InChI=1S/C61H33N7O/c1-63-37-21-26-55-45(30-37)42-12-3-8-18-53(42)68(55)40-32-50-60(65-35-40)59-49(15-10-28-64-59)61(50)47-14-5-9-19-57(47)69-58-33-39(22-24-48(58)61)67-52-17-7-4-13-43(52)46-31-38(23-27-56(46)67)66-51-16-6-2-11-41(51)44-29-36(34-62)20-25-54(44)66/h2-33,35H. The second-order valence-electron chi connectivity index (χ2n) is 17.9. The number of hydrogen-bond donors (Lipinski definition) is 0. The number of pyridine rings is 2. The molecule has 69 heavy (non-hydrogen) atoms. The van der Waals surface area contributed by atoms with E-state index in [0.717, 1.165) is 128 Å². The van der Waals surface area contributed by atoms with Crippen LogP contribution in [0.3, 0.4) is 0 Å². The zero-order valence-corrected chi connectivity index (χ0v) is 36.6. The number of rotatable bonds is 3. The Morgan fingerprint density at radius 2 is 1.00 bits per heavy atom. The van der Waals surface area contributed by atoms with Crippen LogP contribution in [0.5, 0.6) is 11.5 Å². The SMILES string of the molecule is [C-]#[N+]c1ccc2c(c1)c1ccccc1n2-c1cnc2c(c1)C1(c3ccccc3Oc3cc(-n4c5ccccc5c5cc(-n6c7ccccc7c7cc(C#N)ccc76)ccc54)ccc31)c1cccnc1-2. The van der Waals surface area contributed by atoms with Gasteiger partial charge in [0, 0.05) is 67.3 Å². The van der Waals surface area contributed by atoms with Crippen LogP contribution in [0.1, 0.15) is 27.8 Å². The Kier molecular flexibility index (Phi) is 7.41. The molecule has 0 N–H and O–H groups in total. The summed E-state index contributed by atoms with van der Waals surface area (Å²) < 4.78 is 14.0. The van der Waals surface area contributed by atoms with E-state index < -0.39 is 5.41 Å². The first kappa shape index (κ1) is 37.5. The number of nitrogens with zero attached hydrogens (tertiary/aromatic N) is 7. The number of hydrogen-bond acceptors (Lipinski definition) is 4. The van der Waals surface area contributed by atoms with Crippen LogP contribution in [-0.4, -0.2) is 23.7 Å². The van der Waals surface area contributed by atoms with Crippen LogP contribution in [-0.2, 0) is 5.41 Å². The molecule has 0 saturated carbocycles. The molecule has 5 aromatic heterocycles. The second-order valence-corrected chi connectivity index (χ2v) is 17.9. The maximum atomic E-state index is 9.78. The van der Waals surface area contributed by atoms with E-state index >= 15 is 0 Å². The highest BCUT2D eigenvalue weighted by Gasteiger charge is 2.52. The van der Waals surface area contributed by atoms with Crippen molar-refractivity contribution in [3.05, 3.63) is 240 Å². The van der Waals surface area contributed by atoms with Gasteiger partial charge in [0.05, 0.1) is 80.0 Å². The molecule has 1 spiro atoms. The van der Waals surface area contributed by atoms with Crippen molar-refractivity contribution >= 4 is 71.1 Å². The summed E-state index contributed by atoms with van der Waals surface area (Å²) in [6.45, 7) is 7.77. The zero-order chi connectivity index (χ0) is 45.5. The molecule has 0 amide bonds. The van der Waals surface area contributed by atoms with Gasteiger partial charge in [-0.15, -0.1) is 0 Å². The molecule has 1 aliphatic heterocycles. The average Bonchev–Trinajstić information content (AvgIpc) is 4.12. The van der Waals surface area contributed by atoms with E-state index in [2.05, 4.69) is 176 Å². The van der Waals surface area contributed by atoms with Gasteiger partial charge in [0.1, 0.15) is 11.5 Å². The molecular formula is C61H33N7O. The highest BCUT2D eigenvalue weighted by atomic mass is 16.5. The van der Waals surface area contributed by atoms with E-state index in [1.54, 1.807) is 0 Å². The monoisotopic (exact) mass is 879 g/mol. The lowest BCUT2D eigenvalue weighted by Crippen LogP contribution is -2.32. The lowest BCUT2D eigenvalue weighted by molar-refractivity contribution is 0.436. The molecule has 8 aromatic carbocycles. The van der Waals surface area contributed by atoms with Crippen LogP contribution < -0.4 is 4.74 Å². The van der Waals surface area contributed by atoms with Gasteiger partial charge in [0.25, 0.3) is 0 Å². The predicted molar refractivity (Wildman–Crippen MR) is 273 cm³/mol. The molecule has 8 heteroatoms. The molecule has 0 saturated heterocycles. The highest BCUT2D eigenvalue weighted by molar-refractivity contribution is 6.13. The summed E-state index contributed by atoms with van der Waals surface area (Å²) in [5, 5.41) is 16.3. The minimum atomic E-state index is -0.813. The van der Waals surface area contributed by atoms with Gasteiger partial charge in [-0.25, -0.2) is 4.85 Å². The van der Waals surface area contributed by atoms with Gasteiger partial charge >= 0.3 is 0 Å². The van der Waals surface area contributed by atoms with Gasteiger partial charge in [0.15, 0.2) is 5.69 Å². The average molecular weight is 880 g/mol. The van der Waals surface area contributed by atoms with Crippen LogP contribution in [0.4, 0.5) is 5.69 Å². The third-order valence-electron chi connectivity index (χ3n) is 14.6. The Labute approximate surface area is 394 Å². The topological polar surface area (TPSA) is 78.0 Å². The quantitative estimate of drug-likeness (QED) is 0.166. The van der Waals surface area contributed by atoms with Gasteiger partial charge in [-0.1, -0.05) is 91.0 Å². The largest absolute Gasteiger partial charge is 0.457 e. The molecule has 8 nitrogen and oxygen atoms in total. The van der Waals surface area contributed by atoms with Gasteiger partial charge in [-0.2, -0.15) is 5.26 Å². The summed E-state index contributed by atoms with van der Waals surface area (Å²) in [5.41, 5.74) is 15.5. The van der Waals surface area contributed by atoms with Gasteiger partial charge in [-0.05, 0) is 102 Å². The van der Waals surface area contributed by atoms with Crippen molar-refractivity contribution in [1.82, 2.24) is 23.7 Å². The van der Waals surface area contributed by atoms with Crippen LogP contribution in [0, 0.1) is 17.9 Å². The summed E-state index contributed by atoms with van der Waals surface area (Å²) >= 11 is 0. The van der Waals surface area contributed by atoms with E-state index in [1.807, 2.05) is 48.8 Å². The fraction of sp³-hybridized carbons (Fsp3) is 0.0164. The Hall–Kier alpha value is -9.76. The second kappa shape index (κ2) is 13.6. The van der Waals surface area contributed by atoms with Crippen molar-refractivity contribution < 1.29 is 4.74 Å². The fourth-order valence-electron chi connectivity index (χ4n) is 11.9. The lowest BCUT2D eigenvalue weighted by Gasteiger charge is -2.39. The van der Waals surface area contributed by atoms with Gasteiger partial charge in [-0.3, -0.25) is 9.97 Å². The Balaban J connectivity index is 0.950. The molecule has 2 aliphatic rings. The predicted octanol–water partition coefficient (Wildman–Crippen LogP) is 14.7. The van der Waals surface area contributed by atoms with Crippen molar-refractivity contribution in [2.75, 3.05) is 0 Å². The maximum Gasteiger partial charge on any atom is 0.188 e. The van der Waals surface area contributed by atoms with Gasteiger partial charge < -0.3 is 18.4 Å². The molecule has 1 atom stereocenters. The minimum absolute atomic E-state index is 0.606. The normalized spacial score (nSPS) is 14.5. The maximum absolute atomic E-state index is 9.78. The van der Waals surface area contributed by atoms with E-state index in [1.165, 1.54) is 0 Å². The number of nitriles is 1. The van der Waals surface area contributed by atoms with Crippen molar-refractivity contribution in [2.24, 2.45) is 0 Å². The highest BCUT2D eigenvalue weighted by Crippen LogP contribution is 2.62. The molecule has 6 heterocycles. The van der Waals surface area contributed by atoms with Crippen LogP contribution >= 0.6 is 0 Å². The van der Waals surface area contributed by atoms with E-state index in [4.69, 9.17) is 21.3 Å². The van der Waals surface area contributed by atoms with E-state index in [-0.39, 0.29) is 0 Å². The number of ether oxygens (including phenoxy) is 1. The van der Waals surface area contributed by atoms with Crippen molar-refractivity contribution in [2.45, 2.75) is 5.41 Å². The summed E-state index contributed by atoms with van der Waals surface area (Å²) in [6.07, 6.45) is 3.81. The number of aromatic nitrogens is 5. The Morgan fingerprint density at radius 3 is 1.72 bits per heavy atom. The van der Waals surface area contributed by atoms with Crippen LogP contribution in [0.15, 0.2) is 200 Å². The molecule has 318 valence electrons. The van der Waals surface area contributed by atoms with Crippen molar-refractivity contribution in [3.63, 3.8) is 0 Å². The summed E-state index contributed by atoms with van der Waals surface area (Å²) in [4.78, 5) is 14.1. The third kappa shape index (κ3) is 4.88. The number of para-hydroxylation sites is 4. The molecule has 1 aliphatic carbocycles. The van der Waals surface area contributed by atoms with Crippen LogP contribution in [0.25, 0.3) is 98.7 Å². The molecule has 13 aromatic rings. The van der Waals surface area contributed by atoms with Crippen molar-refractivity contribution in [3.8, 4) is 46.0 Å². The lowest BCUT2D eigenvalue weighted by atomic mass is 9.66. The molecule has 0 radical (unpaired) electrons. The number of fused-ring (bicyclic) bond motifs is 18. The Bertz CT molecular complexity index is 4520. The zero-order valence-electron chi connectivity index (χ0n) is 36.6. The summed E-state index contributed by atoms with van der Waals surface area (Å²) in [7, 11) is 0. The number of benzene rings is 8. The molecule has 0 fully saturated rings. The summed E-state index contributed by atoms with van der Waals surface area (Å²) in [5.74, 6) is 1.53. The summed E-state index contributed by atoms with van der Waals surface area (Å²) in [6, 6.07) is 67.9. The third-order valence-corrected chi connectivity index (χ3v) is 14.6. The molecule has 1 unspecified atom stereocenters. The van der Waals surface area contributed by atoms with Crippen molar-refractivity contribution in [1.29, 1.82) is 5.26 Å². The smallest absolute Gasteiger partial charge is 0.188 e. The molecular weight excluding hydrogens is 847 g/mol. The molecule has 15 rings (SSSR count).